The normalized spacial score (nSPS) is 8.65. The van der Waals surface area contributed by atoms with Crippen molar-refractivity contribution in [3.05, 3.63) is 173 Å². The molecule has 7 radical (unpaired) electrons. The van der Waals surface area contributed by atoms with E-state index in [1.54, 1.807) is 151 Å². The predicted molar refractivity (Wildman–Crippen MR) is 308 cm³/mol. The van der Waals surface area contributed by atoms with E-state index in [9.17, 15) is 30.6 Å². The molecule has 0 heterocycles. The Morgan fingerprint density at radius 2 is 0.366 bits per heavy atom. The first kappa shape index (κ1) is 123. The maximum atomic E-state index is 11.4. The molecule has 0 bridgehead atoms. The smallest absolute Gasteiger partial charge is 0.870 e. The Balaban J connectivity index is -0.0000000574. The van der Waals surface area contributed by atoms with Crippen LogP contribution < -0.4 is 59.1 Å². The predicted octanol–water partition coefficient (Wildman–Crippen LogP) is 3.35. The summed E-state index contributed by atoms with van der Waals surface area (Å²) >= 11 is 0. The molecule has 6 N–H and O–H groups in total. The molecule has 0 aliphatic heterocycles. The zero-order valence-corrected chi connectivity index (χ0v) is 58.1. The summed E-state index contributed by atoms with van der Waals surface area (Å²) in [5.74, 6) is 1.41. The maximum absolute atomic E-state index is 11.4. The monoisotopic (exact) mass is 1620 g/mol. The molecule has 6 aromatic rings. The summed E-state index contributed by atoms with van der Waals surface area (Å²) in [6.07, 6.45) is 9.11. The molecule has 6 aromatic carbocycles. The molecule has 0 spiro atoms. The van der Waals surface area contributed by atoms with Gasteiger partial charge in [-0.2, -0.15) is 0 Å². The SMILES string of the molecule is CN=Cc1cccc(OC)c1[O-].CN=Cc1cccc(OC)c1[O-].CN=Cc1cccc(OC)c1[O-].CN=Cc1cccc(OC)c1[O-].CN=Cc1cccc(OC)c1[O-].CN=Cc1cccc(OC)c1[O-].O=[N+]([O-])[O-].O=[N+]([O-])[O-].[Co+2].[Co+2].[Co+2].[Co+2].[Co+2].[Co+2].[Co+2].[OH-].[OH-].[OH-].[OH-].[OH-].[OH-]. The maximum Gasteiger partial charge on any atom is 2.00 e. The molecule has 529 valence electrons. The fourth-order valence-electron chi connectivity index (χ4n) is 5.61. The van der Waals surface area contributed by atoms with Gasteiger partial charge in [-0.25, -0.2) is 0 Å². The Bertz CT molecular complexity index is 2500. The molecule has 0 fully saturated rings. The van der Waals surface area contributed by atoms with E-state index in [4.69, 9.17) is 59.1 Å². The topological polar surface area (TPSA) is 580 Å². The van der Waals surface area contributed by atoms with Crippen molar-refractivity contribution in [3.8, 4) is 69.0 Å². The second-order valence-electron chi connectivity index (χ2n) is 14.0. The van der Waals surface area contributed by atoms with Crippen molar-refractivity contribution in [3.63, 3.8) is 0 Å². The number of rotatable bonds is 12. The number of benzene rings is 6. The van der Waals surface area contributed by atoms with Crippen molar-refractivity contribution < 1.29 is 220 Å². The average Bonchev–Trinajstić information content (AvgIpc) is 3.64. The first-order valence-electron chi connectivity index (χ1n) is 22.4. The Morgan fingerprint density at radius 1 is 0.269 bits per heavy atom. The summed E-state index contributed by atoms with van der Waals surface area (Å²) < 4.78 is 29.1. The van der Waals surface area contributed by atoms with Gasteiger partial charge in [-0.1, -0.05) is 107 Å². The molecule has 39 heteroatoms. The van der Waals surface area contributed by atoms with Gasteiger partial charge in [-0.15, -0.1) is 0 Å². The molecule has 0 saturated carbocycles. The number of methoxy groups -OCH3 is 6. The minimum Gasteiger partial charge on any atom is -0.870 e. The molecule has 0 aliphatic carbocycles. The number of para-hydroxylation sites is 6. The number of hydrogen-bond acceptors (Lipinski definition) is 30. The van der Waals surface area contributed by atoms with Crippen molar-refractivity contribution in [1.82, 2.24) is 0 Å². The summed E-state index contributed by atoms with van der Waals surface area (Å²) in [7, 11) is 18.6. The zero-order chi connectivity index (χ0) is 61.0. The summed E-state index contributed by atoms with van der Waals surface area (Å²) in [6.45, 7) is 0. The van der Waals surface area contributed by atoms with E-state index >= 15 is 0 Å². The van der Waals surface area contributed by atoms with Crippen LogP contribution in [0.3, 0.4) is 0 Å². The van der Waals surface area contributed by atoms with E-state index in [-0.39, 0.29) is 185 Å². The third-order valence-electron chi connectivity index (χ3n) is 8.98. The molecule has 6 rings (SSSR count). The van der Waals surface area contributed by atoms with Gasteiger partial charge in [-0.05, 0) is 69.8 Å². The summed E-state index contributed by atoms with van der Waals surface area (Å²) in [6, 6.07) is 30.6. The molecule has 0 atom stereocenters. The molecule has 0 unspecified atom stereocenters. The van der Waals surface area contributed by atoms with Crippen LogP contribution in [-0.2, 0) is 117 Å². The van der Waals surface area contributed by atoms with Crippen molar-refractivity contribution in [2.45, 2.75) is 0 Å². The molecule has 0 saturated heterocycles. The van der Waals surface area contributed by atoms with Gasteiger partial charge >= 0.3 is 117 Å². The quantitative estimate of drug-likeness (QED) is 0.0963. The minimum atomic E-state index is -1.75. The summed E-state index contributed by atoms with van der Waals surface area (Å²) in [5, 5.41) is 97.7. The molecule has 93 heavy (non-hydrogen) atoms. The van der Waals surface area contributed by atoms with Gasteiger partial charge in [-0.3, -0.25) is 30.0 Å². The molecule has 0 aliphatic rings. The van der Waals surface area contributed by atoms with Crippen LogP contribution in [0.5, 0.6) is 69.0 Å². The van der Waals surface area contributed by atoms with Gasteiger partial charge in [0, 0.05) is 79.6 Å². The molecular formula is C54H66Co7N8O24. The van der Waals surface area contributed by atoms with E-state index in [2.05, 4.69) is 30.0 Å². The van der Waals surface area contributed by atoms with Gasteiger partial charge in [0.05, 0.1) is 52.8 Å². The van der Waals surface area contributed by atoms with Gasteiger partial charge < -0.3 is 123 Å². The average molecular weight is 1620 g/mol. The largest absolute Gasteiger partial charge is 2.00 e. The second-order valence-corrected chi connectivity index (χ2v) is 14.0. The van der Waals surface area contributed by atoms with Crippen LogP contribution in [0.1, 0.15) is 33.4 Å². The summed E-state index contributed by atoms with van der Waals surface area (Å²) in [4.78, 5) is 39.1. The van der Waals surface area contributed by atoms with Crippen molar-refractivity contribution in [2.24, 2.45) is 30.0 Å². The van der Waals surface area contributed by atoms with Crippen LogP contribution in [0.4, 0.5) is 0 Å². The number of aliphatic imine (C=N–C) groups is 6. The minimum absolute atomic E-state index is 0. The van der Waals surface area contributed by atoms with E-state index < -0.39 is 10.2 Å². The zero-order valence-electron chi connectivity index (χ0n) is 50.8. The van der Waals surface area contributed by atoms with Gasteiger partial charge in [0.1, 0.15) is 34.5 Å². The number of hydrogen-bond donors (Lipinski definition) is 0. The van der Waals surface area contributed by atoms with E-state index in [0.29, 0.717) is 67.9 Å². The van der Waals surface area contributed by atoms with E-state index in [1.807, 2.05) is 0 Å². The Kier molecular flexibility index (Phi) is 99.6. The molecular weight excluding hydrogens is 1560 g/mol. The van der Waals surface area contributed by atoms with Gasteiger partial charge in [0.2, 0.25) is 0 Å². The fourth-order valence-corrected chi connectivity index (χ4v) is 5.61. The van der Waals surface area contributed by atoms with Crippen LogP contribution in [0.25, 0.3) is 0 Å². The number of ether oxygens (including phenoxy) is 6. The van der Waals surface area contributed by atoms with Crippen LogP contribution in [0, 0.1) is 30.6 Å². The van der Waals surface area contributed by atoms with Gasteiger partial charge in [0.25, 0.3) is 0 Å². The van der Waals surface area contributed by atoms with Crippen LogP contribution in [0.2, 0.25) is 0 Å². The Hall–Kier alpha value is -7.35. The van der Waals surface area contributed by atoms with Crippen molar-refractivity contribution in [1.29, 1.82) is 0 Å². The van der Waals surface area contributed by atoms with E-state index in [0.717, 1.165) is 0 Å². The Morgan fingerprint density at radius 3 is 0.441 bits per heavy atom. The number of nitrogens with zero attached hydrogens (tertiary/aromatic N) is 8. The standard InChI is InChI=1S/6C9H11NO2.7Co.2NO3.6H2O/c6*1-10-6-7-4-3-5-8(12-2)9(7)11;;;;;;;;2*2-1(3)4;;;;;;/h6*3-6,11H,1-2H3;;;;;;;;;;6*1H2/q;;;;;;7*+2;2*-1;;;;;;/p-12. The van der Waals surface area contributed by atoms with Crippen LogP contribution in [-0.4, -0.2) is 165 Å². The summed E-state index contributed by atoms with van der Waals surface area (Å²) in [5.41, 5.74) is 3.32. The fraction of sp³-hybridized carbons (Fsp3) is 0.222. The van der Waals surface area contributed by atoms with Crippen LogP contribution in [0.15, 0.2) is 139 Å². The molecule has 32 nitrogen and oxygen atoms in total. The first-order valence-corrected chi connectivity index (χ1v) is 22.4. The third kappa shape index (κ3) is 50.8. The van der Waals surface area contributed by atoms with Crippen LogP contribution >= 0.6 is 0 Å². The van der Waals surface area contributed by atoms with Gasteiger partial charge in [0.15, 0.2) is 0 Å². The van der Waals surface area contributed by atoms with E-state index in [1.165, 1.54) is 79.9 Å². The molecule has 0 amide bonds. The van der Waals surface area contributed by atoms with Crippen molar-refractivity contribution >= 4 is 37.3 Å². The van der Waals surface area contributed by atoms with Crippen molar-refractivity contribution in [2.75, 3.05) is 84.9 Å². The first-order chi connectivity index (χ1) is 38.2. The third-order valence-corrected chi connectivity index (χ3v) is 8.98. The second kappa shape index (κ2) is 75.4. The Labute approximate surface area is 609 Å². The molecule has 0 aromatic heterocycles.